The fraction of sp³-hybridized carbons (Fsp3) is 0.200. The van der Waals surface area contributed by atoms with Crippen LogP contribution in [0.25, 0.3) is 0 Å². The van der Waals surface area contributed by atoms with E-state index in [0.717, 1.165) is 16.5 Å². The molecule has 2 nitrogen and oxygen atoms in total. The van der Waals surface area contributed by atoms with Gasteiger partial charge in [0.15, 0.2) is 0 Å². The molecule has 0 radical (unpaired) electrons. The number of ether oxygens (including phenoxy) is 2. The van der Waals surface area contributed by atoms with Gasteiger partial charge in [-0.3, -0.25) is 0 Å². The van der Waals surface area contributed by atoms with Gasteiger partial charge < -0.3 is 9.47 Å². The van der Waals surface area contributed by atoms with Gasteiger partial charge in [-0.25, -0.2) is 0 Å². The molecule has 3 heteroatoms. The number of halogens is 1. The van der Waals surface area contributed by atoms with Crippen molar-refractivity contribution in [3.8, 4) is 11.5 Å². The van der Waals surface area contributed by atoms with Gasteiger partial charge in [-0.1, -0.05) is 29.3 Å². The van der Waals surface area contributed by atoms with Crippen molar-refractivity contribution in [2.45, 2.75) is 6.92 Å². The van der Waals surface area contributed by atoms with Gasteiger partial charge in [-0.2, -0.15) is 0 Å². The van der Waals surface area contributed by atoms with Crippen molar-refractivity contribution in [1.82, 2.24) is 0 Å². The van der Waals surface area contributed by atoms with Crippen LogP contribution in [0, 0.1) is 6.92 Å². The summed E-state index contributed by atoms with van der Waals surface area (Å²) in [6.45, 7) is 2.06. The van der Waals surface area contributed by atoms with Crippen molar-refractivity contribution in [3.63, 3.8) is 0 Å². The molecule has 0 unspecified atom stereocenters. The Morgan fingerprint density at radius 2 is 1.11 bits per heavy atom. The van der Waals surface area contributed by atoms with Gasteiger partial charge in [0.05, 0.1) is 14.2 Å². The Balaban J connectivity index is 0.000000180. The van der Waals surface area contributed by atoms with E-state index in [2.05, 4.69) is 6.92 Å². The van der Waals surface area contributed by atoms with Crippen LogP contribution in [0.4, 0.5) is 0 Å². The number of rotatable bonds is 2. The van der Waals surface area contributed by atoms with Crippen LogP contribution in [0.15, 0.2) is 48.5 Å². The summed E-state index contributed by atoms with van der Waals surface area (Å²) in [5.74, 6) is 1.75. The molecule has 0 saturated carbocycles. The highest BCUT2D eigenvalue weighted by molar-refractivity contribution is 6.30. The van der Waals surface area contributed by atoms with Crippen LogP contribution >= 0.6 is 11.6 Å². The predicted octanol–water partition coefficient (Wildman–Crippen LogP) is 4.35. The quantitative estimate of drug-likeness (QED) is 0.803. The minimum atomic E-state index is 0.732. The van der Waals surface area contributed by atoms with E-state index in [0.29, 0.717) is 0 Å². The van der Waals surface area contributed by atoms with Gasteiger partial charge in [0.1, 0.15) is 11.5 Å². The summed E-state index contributed by atoms with van der Waals surface area (Å²) in [4.78, 5) is 0. The fourth-order valence-corrected chi connectivity index (χ4v) is 1.37. The van der Waals surface area contributed by atoms with E-state index in [1.165, 1.54) is 5.56 Å². The van der Waals surface area contributed by atoms with Crippen molar-refractivity contribution in [2.75, 3.05) is 14.2 Å². The zero-order valence-corrected chi connectivity index (χ0v) is 11.6. The second-order valence-electron chi connectivity index (χ2n) is 3.68. The summed E-state index contributed by atoms with van der Waals surface area (Å²) in [5.41, 5.74) is 1.26. The van der Waals surface area contributed by atoms with E-state index in [4.69, 9.17) is 21.1 Å². The highest BCUT2D eigenvalue weighted by Crippen LogP contribution is 2.14. The maximum atomic E-state index is 5.61. The molecule has 0 bridgehead atoms. The molecular formula is C15H17ClO2. The summed E-state index contributed by atoms with van der Waals surface area (Å²) < 4.78 is 9.88. The summed E-state index contributed by atoms with van der Waals surface area (Å²) in [7, 11) is 3.30. The molecule has 0 N–H and O–H groups in total. The first-order chi connectivity index (χ1) is 8.65. The molecule has 0 atom stereocenters. The van der Waals surface area contributed by atoms with Crippen molar-refractivity contribution >= 4 is 11.6 Å². The lowest BCUT2D eigenvalue weighted by molar-refractivity contribution is 0.414. The Kier molecular flexibility index (Phi) is 6.09. The largest absolute Gasteiger partial charge is 0.497 e. The number of hydrogen-bond acceptors (Lipinski definition) is 2. The fourth-order valence-electron chi connectivity index (χ4n) is 1.25. The summed E-state index contributed by atoms with van der Waals surface area (Å²) >= 11 is 5.61. The molecular weight excluding hydrogens is 248 g/mol. The average Bonchev–Trinajstić information content (AvgIpc) is 2.41. The van der Waals surface area contributed by atoms with Crippen LogP contribution in [0.3, 0.4) is 0 Å². The first-order valence-electron chi connectivity index (χ1n) is 5.56. The van der Waals surface area contributed by atoms with Gasteiger partial charge >= 0.3 is 0 Å². The maximum Gasteiger partial charge on any atom is 0.118 e. The van der Waals surface area contributed by atoms with Crippen LogP contribution in [-0.4, -0.2) is 14.2 Å². The number of hydrogen-bond donors (Lipinski definition) is 0. The molecule has 0 aliphatic heterocycles. The molecule has 2 rings (SSSR count). The number of aryl methyl sites for hydroxylation is 1. The minimum absolute atomic E-state index is 0.732. The Labute approximate surface area is 113 Å². The van der Waals surface area contributed by atoms with E-state index in [1.807, 2.05) is 36.4 Å². The zero-order valence-electron chi connectivity index (χ0n) is 10.8. The third kappa shape index (κ3) is 5.11. The van der Waals surface area contributed by atoms with E-state index in [9.17, 15) is 0 Å². The minimum Gasteiger partial charge on any atom is -0.497 e. The zero-order chi connectivity index (χ0) is 13.4. The molecule has 2 aromatic rings. The molecule has 0 aliphatic carbocycles. The Morgan fingerprint density at radius 3 is 1.50 bits per heavy atom. The van der Waals surface area contributed by atoms with Crippen molar-refractivity contribution in [1.29, 1.82) is 0 Å². The van der Waals surface area contributed by atoms with Crippen LogP contribution in [0.2, 0.25) is 5.02 Å². The molecule has 2 aromatic carbocycles. The van der Waals surface area contributed by atoms with Crippen LogP contribution in [0.1, 0.15) is 5.56 Å². The molecule has 0 heterocycles. The SMILES string of the molecule is COc1ccc(C)cc1.COc1ccc(Cl)cc1. The molecule has 96 valence electrons. The normalized spacial score (nSPS) is 9.11. The Morgan fingerprint density at radius 1 is 0.722 bits per heavy atom. The first-order valence-corrected chi connectivity index (χ1v) is 5.93. The van der Waals surface area contributed by atoms with Gasteiger partial charge in [-0.15, -0.1) is 0 Å². The highest BCUT2D eigenvalue weighted by atomic mass is 35.5. The average molecular weight is 265 g/mol. The first kappa shape index (κ1) is 14.4. The Hall–Kier alpha value is -1.67. The van der Waals surface area contributed by atoms with Gasteiger partial charge in [0.25, 0.3) is 0 Å². The van der Waals surface area contributed by atoms with Gasteiger partial charge in [-0.05, 0) is 43.3 Å². The second kappa shape index (κ2) is 7.62. The summed E-state index contributed by atoms with van der Waals surface area (Å²) in [6, 6.07) is 15.2. The van der Waals surface area contributed by atoms with Crippen LogP contribution < -0.4 is 9.47 Å². The number of benzene rings is 2. The molecule has 0 spiro atoms. The lowest BCUT2D eigenvalue weighted by atomic mass is 10.2. The summed E-state index contributed by atoms with van der Waals surface area (Å²) in [5, 5.41) is 0.732. The molecule has 0 fully saturated rings. The molecule has 0 aliphatic rings. The molecule has 0 saturated heterocycles. The standard InChI is InChI=1S/C8H10O.C7H7ClO/c1-7-3-5-8(9-2)6-4-7;1-9-7-4-2-6(8)3-5-7/h3-6H,1-2H3;2-5H,1H3. The highest BCUT2D eigenvalue weighted by Gasteiger charge is 1.87. The van der Waals surface area contributed by atoms with Crippen LogP contribution in [0.5, 0.6) is 11.5 Å². The monoisotopic (exact) mass is 264 g/mol. The van der Waals surface area contributed by atoms with E-state index in [-0.39, 0.29) is 0 Å². The van der Waals surface area contributed by atoms with Crippen molar-refractivity contribution in [3.05, 3.63) is 59.1 Å². The topological polar surface area (TPSA) is 18.5 Å². The third-order valence-electron chi connectivity index (χ3n) is 2.31. The smallest absolute Gasteiger partial charge is 0.118 e. The van der Waals surface area contributed by atoms with Crippen molar-refractivity contribution < 1.29 is 9.47 Å². The van der Waals surface area contributed by atoms with Gasteiger partial charge in [0.2, 0.25) is 0 Å². The molecule has 0 aromatic heterocycles. The second-order valence-corrected chi connectivity index (χ2v) is 4.11. The van der Waals surface area contributed by atoms with Crippen LogP contribution in [-0.2, 0) is 0 Å². The predicted molar refractivity (Wildman–Crippen MR) is 75.7 cm³/mol. The molecule has 18 heavy (non-hydrogen) atoms. The summed E-state index contributed by atoms with van der Waals surface area (Å²) in [6.07, 6.45) is 0. The lowest BCUT2D eigenvalue weighted by Crippen LogP contribution is -1.80. The maximum absolute atomic E-state index is 5.61. The molecule has 0 amide bonds. The van der Waals surface area contributed by atoms with E-state index < -0.39 is 0 Å². The van der Waals surface area contributed by atoms with E-state index in [1.54, 1.807) is 26.4 Å². The number of methoxy groups -OCH3 is 2. The van der Waals surface area contributed by atoms with Gasteiger partial charge in [0, 0.05) is 5.02 Å². The Bertz CT molecular complexity index is 403. The van der Waals surface area contributed by atoms with Crippen molar-refractivity contribution in [2.24, 2.45) is 0 Å². The third-order valence-corrected chi connectivity index (χ3v) is 2.56. The van der Waals surface area contributed by atoms with E-state index >= 15 is 0 Å². The lowest BCUT2D eigenvalue weighted by Gasteiger charge is -1.97.